The molecule has 0 radical (unpaired) electrons. The second kappa shape index (κ2) is 6.61. The van der Waals surface area contributed by atoms with Gasteiger partial charge in [0.15, 0.2) is 11.6 Å². The van der Waals surface area contributed by atoms with Gasteiger partial charge in [-0.2, -0.15) is 0 Å². The number of nitrogens with one attached hydrogen (secondary N) is 2. The van der Waals surface area contributed by atoms with Gasteiger partial charge in [0.05, 0.1) is 6.54 Å². The Bertz CT molecular complexity index is 445. The van der Waals surface area contributed by atoms with Crippen LogP contribution in [0.25, 0.3) is 0 Å². The number of benzene rings is 1. The third kappa shape index (κ3) is 4.28. The maximum absolute atomic E-state index is 13.0. The first kappa shape index (κ1) is 13.9. The van der Waals surface area contributed by atoms with E-state index in [1.807, 2.05) is 0 Å². The molecule has 0 aromatic heterocycles. The molecule has 0 saturated heterocycles. The molecule has 1 aliphatic rings. The average molecular weight is 268 g/mol. The summed E-state index contributed by atoms with van der Waals surface area (Å²) in [5, 5.41) is 5.87. The van der Waals surface area contributed by atoms with Gasteiger partial charge in [-0.15, -0.1) is 0 Å². The van der Waals surface area contributed by atoms with E-state index in [2.05, 4.69) is 10.6 Å². The van der Waals surface area contributed by atoms with Gasteiger partial charge < -0.3 is 10.6 Å². The lowest BCUT2D eigenvalue weighted by Gasteiger charge is -2.11. The highest BCUT2D eigenvalue weighted by Gasteiger charge is 2.15. The minimum Gasteiger partial charge on any atom is -0.351 e. The predicted molar refractivity (Wildman–Crippen MR) is 68.5 cm³/mol. The fourth-order valence-electron chi connectivity index (χ4n) is 2.28. The molecule has 104 valence electrons. The van der Waals surface area contributed by atoms with E-state index in [1.165, 1.54) is 18.9 Å². The second-order valence-corrected chi connectivity index (χ2v) is 4.89. The van der Waals surface area contributed by atoms with E-state index in [1.54, 1.807) is 0 Å². The molecule has 19 heavy (non-hydrogen) atoms. The molecular formula is C14H18F2N2O. The van der Waals surface area contributed by atoms with Crippen molar-refractivity contribution in [2.75, 3.05) is 6.54 Å². The molecule has 2 N–H and O–H groups in total. The Hall–Kier alpha value is -1.49. The number of halogens is 2. The topological polar surface area (TPSA) is 41.1 Å². The molecule has 0 unspecified atom stereocenters. The summed E-state index contributed by atoms with van der Waals surface area (Å²) in [7, 11) is 0. The zero-order valence-electron chi connectivity index (χ0n) is 10.7. The lowest BCUT2D eigenvalue weighted by molar-refractivity contribution is -0.120. The summed E-state index contributed by atoms with van der Waals surface area (Å²) >= 11 is 0. The van der Waals surface area contributed by atoms with Gasteiger partial charge in [0.1, 0.15) is 0 Å². The van der Waals surface area contributed by atoms with Crippen molar-refractivity contribution in [3.05, 3.63) is 35.4 Å². The third-order valence-corrected chi connectivity index (χ3v) is 3.38. The van der Waals surface area contributed by atoms with Crippen LogP contribution in [0.3, 0.4) is 0 Å². The summed E-state index contributed by atoms with van der Waals surface area (Å²) in [5.41, 5.74) is 0.549. The first-order chi connectivity index (χ1) is 9.15. The van der Waals surface area contributed by atoms with Gasteiger partial charge in [0.2, 0.25) is 5.91 Å². The van der Waals surface area contributed by atoms with Gasteiger partial charge in [-0.05, 0) is 30.5 Å². The molecule has 1 amide bonds. The van der Waals surface area contributed by atoms with Crippen LogP contribution in [0.15, 0.2) is 18.2 Å². The molecule has 1 fully saturated rings. The molecule has 0 heterocycles. The van der Waals surface area contributed by atoms with Gasteiger partial charge in [-0.3, -0.25) is 4.79 Å². The van der Waals surface area contributed by atoms with Crippen LogP contribution in [0.5, 0.6) is 0 Å². The molecule has 1 saturated carbocycles. The summed E-state index contributed by atoms with van der Waals surface area (Å²) in [6.07, 6.45) is 4.68. The Morgan fingerprint density at radius 3 is 2.63 bits per heavy atom. The number of hydrogen-bond acceptors (Lipinski definition) is 2. The van der Waals surface area contributed by atoms with Crippen LogP contribution in [0, 0.1) is 11.6 Å². The average Bonchev–Trinajstić information content (AvgIpc) is 2.91. The Kier molecular flexibility index (Phi) is 4.85. The van der Waals surface area contributed by atoms with Gasteiger partial charge >= 0.3 is 0 Å². The molecule has 5 heteroatoms. The van der Waals surface area contributed by atoms with Gasteiger partial charge in [-0.1, -0.05) is 18.9 Å². The quantitative estimate of drug-likeness (QED) is 0.858. The summed E-state index contributed by atoms with van der Waals surface area (Å²) in [6.45, 7) is 0.483. The SMILES string of the molecule is O=C(CNC1CCCC1)NCc1ccc(F)c(F)c1. The molecule has 2 rings (SSSR count). The van der Waals surface area contributed by atoms with E-state index in [9.17, 15) is 13.6 Å². The largest absolute Gasteiger partial charge is 0.351 e. The number of hydrogen-bond donors (Lipinski definition) is 2. The molecule has 3 nitrogen and oxygen atoms in total. The smallest absolute Gasteiger partial charge is 0.234 e. The van der Waals surface area contributed by atoms with Crippen LogP contribution < -0.4 is 10.6 Å². The lowest BCUT2D eigenvalue weighted by atomic mass is 10.2. The normalized spacial score (nSPS) is 15.7. The van der Waals surface area contributed by atoms with Crippen molar-refractivity contribution < 1.29 is 13.6 Å². The van der Waals surface area contributed by atoms with Crippen molar-refractivity contribution in [2.45, 2.75) is 38.3 Å². The molecule has 0 spiro atoms. The lowest BCUT2D eigenvalue weighted by Crippen LogP contribution is -2.37. The van der Waals surface area contributed by atoms with E-state index in [-0.39, 0.29) is 19.0 Å². The van der Waals surface area contributed by atoms with E-state index in [0.29, 0.717) is 11.6 Å². The number of rotatable bonds is 5. The van der Waals surface area contributed by atoms with Crippen LogP contribution in [0.2, 0.25) is 0 Å². The molecule has 0 bridgehead atoms. The summed E-state index contributed by atoms with van der Waals surface area (Å²) < 4.78 is 25.7. The van der Waals surface area contributed by atoms with Crippen molar-refractivity contribution in [1.29, 1.82) is 0 Å². The van der Waals surface area contributed by atoms with E-state index in [4.69, 9.17) is 0 Å². The van der Waals surface area contributed by atoms with Crippen molar-refractivity contribution in [3.8, 4) is 0 Å². The molecule has 1 aromatic rings. The van der Waals surface area contributed by atoms with Gasteiger partial charge in [0, 0.05) is 12.6 Å². The van der Waals surface area contributed by atoms with Crippen LogP contribution in [0.1, 0.15) is 31.2 Å². The van der Waals surface area contributed by atoms with Crippen molar-refractivity contribution in [1.82, 2.24) is 10.6 Å². The highest BCUT2D eigenvalue weighted by molar-refractivity contribution is 5.78. The maximum atomic E-state index is 13.0. The highest BCUT2D eigenvalue weighted by Crippen LogP contribution is 2.17. The van der Waals surface area contributed by atoms with Crippen molar-refractivity contribution >= 4 is 5.91 Å². The Morgan fingerprint density at radius 1 is 1.21 bits per heavy atom. The van der Waals surface area contributed by atoms with Gasteiger partial charge in [-0.25, -0.2) is 8.78 Å². The summed E-state index contributed by atoms with van der Waals surface area (Å²) in [5.74, 6) is -1.90. The molecule has 0 atom stereocenters. The zero-order chi connectivity index (χ0) is 13.7. The zero-order valence-corrected chi connectivity index (χ0v) is 10.7. The van der Waals surface area contributed by atoms with Crippen molar-refractivity contribution in [3.63, 3.8) is 0 Å². The molecule has 1 aliphatic carbocycles. The summed E-state index contributed by atoms with van der Waals surface area (Å²) in [6, 6.07) is 4.06. The van der Waals surface area contributed by atoms with Crippen LogP contribution in [-0.2, 0) is 11.3 Å². The fraction of sp³-hybridized carbons (Fsp3) is 0.500. The monoisotopic (exact) mass is 268 g/mol. The van der Waals surface area contributed by atoms with Crippen molar-refractivity contribution in [2.24, 2.45) is 0 Å². The van der Waals surface area contributed by atoms with Crippen LogP contribution in [0.4, 0.5) is 8.78 Å². The maximum Gasteiger partial charge on any atom is 0.234 e. The number of amides is 1. The highest BCUT2D eigenvalue weighted by atomic mass is 19.2. The van der Waals surface area contributed by atoms with E-state index in [0.717, 1.165) is 25.0 Å². The molecule has 1 aromatic carbocycles. The Labute approximate surface area is 111 Å². The van der Waals surface area contributed by atoms with E-state index >= 15 is 0 Å². The number of carbonyl (C=O) groups excluding carboxylic acids is 1. The first-order valence-electron chi connectivity index (χ1n) is 6.59. The second-order valence-electron chi connectivity index (χ2n) is 4.89. The minimum absolute atomic E-state index is 0.128. The standard InChI is InChI=1S/C14H18F2N2O/c15-12-6-5-10(7-13(12)16)8-18-14(19)9-17-11-3-1-2-4-11/h5-7,11,17H,1-4,8-9H2,(H,18,19). The number of carbonyl (C=O) groups is 1. The molecular weight excluding hydrogens is 250 g/mol. The predicted octanol–water partition coefficient (Wildman–Crippen LogP) is 2.11. The fourth-order valence-corrected chi connectivity index (χ4v) is 2.28. The van der Waals surface area contributed by atoms with E-state index < -0.39 is 11.6 Å². The first-order valence-corrected chi connectivity index (χ1v) is 6.59. The van der Waals surface area contributed by atoms with Crippen LogP contribution in [-0.4, -0.2) is 18.5 Å². The van der Waals surface area contributed by atoms with Gasteiger partial charge in [0.25, 0.3) is 0 Å². The van der Waals surface area contributed by atoms with Crippen LogP contribution >= 0.6 is 0 Å². The minimum atomic E-state index is -0.893. The Morgan fingerprint density at radius 2 is 1.95 bits per heavy atom. The third-order valence-electron chi connectivity index (χ3n) is 3.38. The Balaban J connectivity index is 1.71. The summed E-state index contributed by atoms with van der Waals surface area (Å²) in [4.78, 5) is 11.6. The molecule has 0 aliphatic heterocycles.